The van der Waals surface area contributed by atoms with Crippen LogP contribution < -0.4 is 0 Å². The summed E-state index contributed by atoms with van der Waals surface area (Å²) in [7, 11) is 0. The fraction of sp³-hybridized carbons (Fsp3) is 0.467. The summed E-state index contributed by atoms with van der Waals surface area (Å²) in [5.74, 6) is 0.124. The molecule has 0 bridgehead atoms. The zero-order valence-electron chi connectivity index (χ0n) is 10.4. The van der Waals surface area contributed by atoms with Crippen LogP contribution in [0.15, 0.2) is 30.3 Å². The molecule has 0 saturated carbocycles. The van der Waals surface area contributed by atoms with Crippen molar-refractivity contribution in [2.45, 2.75) is 39.0 Å². The fourth-order valence-electron chi connectivity index (χ4n) is 1.82. The van der Waals surface area contributed by atoms with Gasteiger partial charge in [-0.1, -0.05) is 37.3 Å². The number of carbonyl (C=O) groups is 2. The lowest BCUT2D eigenvalue weighted by molar-refractivity contribution is -0.122. The van der Waals surface area contributed by atoms with Crippen molar-refractivity contribution in [1.29, 1.82) is 0 Å². The number of benzene rings is 1. The standard InChI is InChI=1S/C15H20O2/c1-2-13(12-16)11-15(17)10-6-9-14-7-4-3-5-8-14/h3-5,7-8,12-13H,2,6,9-11H2,1H3. The molecule has 0 aliphatic carbocycles. The van der Waals surface area contributed by atoms with Gasteiger partial charge in [0.05, 0.1) is 0 Å². The number of rotatable bonds is 8. The van der Waals surface area contributed by atoms with Crippen LogP contribution in [0.3, 0.4) is 0 Å². The molecule has 0 amide bonds. The Kier molecular flexibility index (Phi) is 6.23. The van der Waals surface area contributed by atoms with Crippen LogP contribution in [0.4, 0.5) is 0 Å². The van der Waals surface area contributed by atoms with Crippen LogP contribution in [0.2, 0.25) is 0 Å². The Morgan fingerprint density at radius 1 is 1.29 bits per heavy atom. The third kappa shape index (κ3) is 5.43. The normalized spacial score (nSPS) is 12.1. The summed E-state index contributed by atoms with van der Waals surface area (Å²) in [6.45, 7) is 1.94. The minimum atomic E-state index is -0.0841. The van der Waals surface area contributed by atoms with Crippen molar-refractivity contribution in [2.24, 2.45) is 5.92 Å². The van der Waals surface area contributed by atoms with Crippen molar-refractivity contribution in [3.8, 4) is 0 Å². The number of carbonyl (C=O) groups excluding carboxylic acids is 2. The Balaban J connectivity index is 2.22. The lowest BCUT2D eigenvalue weighted by Crippen LogP contribution is -2.09. The number of aldehydes is 1. The van der Waals surface area contributed by atoms with Gasteiger partial charge in [0.15, 0.2) is 0 Å². The third-order valence-corrected chi connectivity index (χ3v) is 2.97. The number of Topliss-reactive ketones (excluding diaryl/α,β-unsaturated/α-hetero) is 1. The first-order valence-corrected chi connectivity index (χ1v) is 6.27. The van der Waals surface area contributed by atoms with Crippen molar-refractivity contribution in [3.63, 3.8) is 0 Å². The molecule has 0 aliphatic rings. The predicted molar refractivity (Wildman–Crippen MR) is 68.8 cm³/mol. The van der Waals surface area contributed by atoms with E-state index in [2.05, 4.69) is 12.1 Å². The summed E-state index contributed by atoms with van der Waals surface area (Å²) in [4.78, 5) is 22.2. The Morgan fingerprint density at radius 3 is 2.59 bits per heavy atom. The van der Waals surface area contributed by atoms with Crippen molar-refractivity contribution in [2.75, 3.05) is 0 Å². The second-order valence-corrected chi connectivity index (χ2v) is 4.39. The molecule has 1 atom stereocenters. The van der Waals surface area contributed by atoms with Crippen LogP contribution in [0, 0.1) is 5.92 Å². The zero-order chi connectivity index (χ0) is 12.5. The minimum absolute atomic E-state index is 0.0841. The molecule has 0 saturated heterocycles. The Hall–Kier alpha value is -1.44. The lowest BCUT2D eigenvalue weighted by atomic mass is 9.98. The quantitative estimate of drug-likeness (QED) is 0.645. The first-order valence-electron chi connectivity index (χ1n) is 6.27. The van der Waals surface area contributed by atoms with Crippen molar-refractivity contribution >= 4 is 12.1 Å². The molecule has 2 heteroatoms. The second kappa shape index (κ2) is 7.77. The number of ketones is 1. The summed E-state index contributed by atoms with van der Waals surface area (Å²) in [5, 5.41) is 0. The third-order valence-electron chi connectivity index (χ3n) is 2.97. The largest absolute Gasteiger partial charge is 0.303 e. The summed E-state index contributed by atoms with van der Waals surface area (Å²) in [6.07, 6.45) is 4.46. The van der Waals surface area contributed by atoms with E-state index in [0.29, 0.717) is 12.8 Å². The predicted octanol–water partition coefficient (Wildman–Crippen LogP) is 3.19. The topological polar surface area (TPSA) is 34.1 Å². The molecule has 0 N–H and O–H groups in total. The molecule has 0 radical (unpaired) electrons. The van der Waals surface area contributed by atoms with Gasteiger partial charge in [-0.05, 0) is 24.8 Å². The Morgan fingerprint density at radius 2 is 2.00 bits per heavy atom. The van der Waals surface area contributed by atoms with Gasteiger partial charge in [-0.25, -0.2) is 0 Å². The zero-order valence-corrected chi connectivity index (χ0v) is 10.4. The molecule has 0 spiro atoms. The van der Waals surface area contributed by atoms with E-state index in [4.69, 9.17) is 0 Å². The van der Waals surface area contributed by atoms with E-state index in [1.807, 2.05) is 25.1 Å². The van der Waals surface area contributed by atoms with Crippen LogP contribution >= 0.6 is 0 Å². The van der Waals surface area contributed by atoms with Gasteiger partial charge < -0.3 is 4.79 Å². The van der Waals surface area contributed by atoms with Crippen molar-refractivity contribution in [3.05, 3.63) is 35.9 Å². The average Bonchev–Trinajstić information content (AvgIpc) is 2.37. The summed E-state index contributed by atoms with van der Waals surface area (Å²) in [6, 6.07) is 10.2. The fourth-order valence-corrected chi connectivity index (χ4v) is 1.82. The minimum Gasteiger partial charge on any atom is -0.303 e. The van der Waals surface area contributed by atoms with Crippen LogP contribution in [0.5, 0.6) is 0 Å². The highest BCUT2D eigenvalue weighted by atomic mass is 16.1. The molecule has 2 nitrogen and oxygen atoms in total. The van der Waals surface area contributed by atoms with Crippen molar-refractivity contribution in [1.82, 2.24) is 0 Å². The van der Waals surface area contributed by atoms with Gasteiger partial charge in [-0.15, -0.1) is 0 Å². The molecule has 0 aliphatic heterocycles. The van der Waals surface area contributed by atoms with Gasteiger partial charge >= 0.3 is 0 Å². The highest BCUT2D eigenvalue weighted by molar-refractivity contribution is 5.81. The van der Waals surface area contributed by atoms with Gasteiger partial charge in [0.25, 0.3) is 0 Å². The van der Waals surface area contributed by atoms with Gasteiger partial charge in [0.1, 0.15) is 12.1 Å². The highest BCUT2D eigenvalue weighted by Crippen LogP contribution is 2.10. The van der Waals surface area contributed by atoms with E-state index in [1.165, 1.54) is 5.56 Å². The molecule has 1 aromatic carbocycles. The second-order valence-electron chi connectivity index (χ2n) is 4.39. The molecule has 92 valence electrons. The SMILES string of the molecule is CCC(C=O)CC(=O)CCCc1ccccc1. The maximum absolute atomic E-state index is 11.6. The molecular weight excluding hydrogens is 212 g/mol. The lowest BCUT2D eigenvalue weighted by Gasteiger charge is -2.06. The molecule has 1 rings (SSSR count). The molecular formula is C15H20O2. The van der Waals surface area contributed by atoms with E-state index >= 15 is 0 Å². The van der Waals surface area contributed by atoms with Gasteiger partial charge in [-0.3, -0.25) is 4.79 Å². The van der Waals surface area contributed by atoms with Crippen LogP contribution in [-0.2, 0) is 16.0 Å². The van der Waals surface area contributed by atoms with E-state index in [9.17, 15) is 9.59 Å². The van der Waals surface area contributed by atoms with Gasteiger partial charge in [0, 0.05) is 18.8 Å². The van der Waals surface area contributed by atoms with Crippen LogP contribution in [-0.4, -0.2) is 12.1 Å². The monoisotopic (exact) mass is 232 g/mol. The molecule has 0 aromatic heterocycles. The van der Waals surface area contributed by atoms with Gasteiger partial charge in [0.2, 0.25) is 0 Å². The first kappa shape index (κ1) is 13.6. The maximum Gasteiger partial charge on any atom is 0.133 e. The van der Waals surface area contributed by atoms with E-state index in [-0.39, 0.29) is 11.7 Å². The van der Waals surface area contributed by atoms with E-state index < -0.39 is 0 Å². The van der Waals surface area contributed by atoms with E-state index in [0.717, 1.165) is 25.5 Å². The number of aryl methyl sites for hydroxylation is 1. The van der Waals surface area contributed by atoms with Crippen molar-refractivity contribution < 1.29 is 9.59 Å². The summed E-state index contributed by atoms with van der Waals surface area (Å²) >= 11 is 0. The van der Waals surface area contributed by atoms with E-state index in [1.54, 1.807) is 0 Å². The number of hydrogen-bond acceptors (Lipinski definition) is 2. The number of hydrogen-bond donors (Lipinski definition) is 0. The maximum atomic E-state index is 11.6. The molecule has 1 aromatic rings. The smallest absolute Gasteiger partial charge is 0.133 e. The Bertz CT molecular complexity index is 343. The summed E-state index contributed by atoms with van der Waals surface area (Å²) < 4.78 is 0. The highest BCUT2D eigenvalue weighted by Gasteiger charge is 2.10. The van der Waals surface area contributed by atoms with Gasteiger partial charge in [-0.2, -0.15) is 0 Å². The average molecular weight is 232 g/mol. The van der Waals surface area contributed by atoms with Crippen LogP contribution in [0.1, 0.15) is 38.2 Å². The first-order chi connectivity index (χ1) is 8.26. The molecule has 17 heavy (non-hydrogen) atoms. The van der Waals surface area contributed by atoms with Crippen LogP contribution in [0.25, 0.3) is 0 Å². The molecule has 1 unspecified atom stereocenters. The summed E-state index contributed by atoms with van der Waals surface area (Å²) in [5.41, 5.74) is 1.27. The Labute approximate surface area is 103 Å². The molecule has 0 heterocycles. The molecule has 0 fully saturated rings.